The van der Waals surface area contributed by atoms with Gasteiger partial charge >= 0.3 is 0 Å². The number of nitrogens with one attached hydrogen (secondary N) is 1. The molecule has 1 fully saturated rings. The minimum absolute atomic E-state index is 0.296. The van der Waals surface area contributed by atoms with E-state index in [9.17, 15) is 5.11 Å². The molecule has 0 radical (unpaired) electrons. The van der Waals surface area contributed by atoms with Crippen LogP contribution in [0.25, 0.3) is 0 Å². The molecule has 0 aliphatic heterocycles. The molecule has 108 valence electrons. The highest BCUT2D eigenvalue weighted by molar-refractivity contribution is 5.27. The van der Waals surface area contributed by atoms with Gasteiger partial charge in [0.15, 0.2) is 0 Å². The molecule has 0 amide bonds. The van der Waals surface area contributed by atoms with Crippen LogP contribution >= 0.6 is 0 Å². The van der Waals surface area contributed by atoms with Gasteiger partial charge in [0.05, 0.1) is 5.60 Å². The summed E-state index contributed by atoms with van der Waals surface area (Å²) >= 11 is 0. The van der Waals surface area contributed by atoms with Crippen molar-refractivity contribution in [3.63, 3.8) is 0 Å². The number of benzene rings is 1. The van der Waals surface area contributed by atoms with Crippen molar-refractivity contribution in [3.8, 4) is 18.1 Å². The zero-order valence-corrected chi connectivity index (χ0v) is 11.9. The Hall–Kier alpha value is -1.50. The Morgan fingerprint density at radius 3 is 2.55 bits per heavy atom. The van der Waals surface area contributed by atoms with Crippen molar-refractivity contribution in [1.29, 1.82) is 0 Å². The van der Waals surface area contributed by atoms with Crippen LogP contribution in [0.5, 0.6) is 5.75 Å². The van der Waals surface area contributed by atoms with Crippen molar-refractivity contribution in [1.82, 2.24) is 5.32 Å². The van der Waals surface area contributed by atoms with Crippen LogP contribution < -0.4 is 10.1 Å². The van der Waals surface area contributed by atoms with E-state index < -0.39 is 5.60 Å². The summed E-state index contributed by atoms with van der Waals surface area (Å²) in [6.07, 6.45) is 10.5. The number of ether oxygens (including phenoxy) is 1. The molecule has 1 aromatic rings. The Morgan fingerprint density at radius 1 is 1.20 bits per heavy atom. The molecule has 0 aromatic heterocycles. The lowest BCUT2D eigenvalue weighted by Crippen LogP contribution is -2.41. The lowest BCUT2D eigenvalue weighted by atomic mass is 9.85. The largest absolute Gasteiger partial charge is 0.481 e. The molecule has 20 heavy (non-hydrogen) atoms. The second-order valence-corrected chi connectivity index (χ2v) is 5.53. The summed E-state index contributed by atoms with van der Waals surface area (Å²) in [4.78, 5) is 0. The third kappa shape index (κ3) is 4.56. The average molecular weight is 273 g/mol. The number of hydrogen-bond donors (Lipinski definition) is 2. The first-order valence-electron chi connectivity index (χ1n) is 7.30. The molecule has 1 aliphatic carbocycles. The number of hydrogen-bond acceptors (Lipinski definition) is 3. The fourth-order valence-corrected chi connectivity index (χ4v) is 2.65. The zero-order chi connectivity index (χ0) is 14.3. The van der Waals surface area contributed by atoms with Crippen molar-refractivity contribution in [2.24, 2.45) is 0 Å². The molecule has 3 heteroatoms. The quantitative estimate of drug-likeness (QED) is 0.782. The average Bonchev–Trinajstić information content (AvgIpc) is 2.47. The van der Waals surface area contributed by atoms with E-state index in [0.29, 0.717) is 13.2 Å². The van der Waals surface area contributed by atoms with E-state index in [1.807, 2.05) is 24.3 Å². The number of aliphatic hydroxyl groups is 1. The van der Waals surface area contributed by atoms with Crippen LogP contribution in [0.4, 0.5) is 0 Å². The van der Waals surface area contributed by atoms with Crippen LogP contribution in [0.3, 0.4) is 0 Å². The Bertz CT molecular complexity index is 441. The topological polar surface area (TPSA) is 41.5 Å². The molecule has 2 N–H and O–H groups in total. The minimum Gasteiger partial charge on any atom is -0.481 e. The Kier molecular flexibility index (Phi) is 5.46. The standard InChI is InChI=1S/C17H23NO2/c1-2-12-20-16-8-6-15(7-9-16)13-18-14-17(19)10-4-3-5-11-17/h1,6-9,18-19H,3-5,10-14H2. The summed E-state index contributed by atoms with van der Waals surface area (Å²) in [6, 6.07) is 7.88. The highest BCUT2D eigenvalue weighted by Gasteiger charge is 2.28. The van der Waals surface area contributed by atoms with Crippen molar-refractivity contribution in [2.45, 2.75) is 44.2 Å². The molecule has 0 saturated heterocycles. The lowest BCUT2D eigenvalue weighted by Gasteiger charge is -2.32. The fraction of sp³-hybridized carbons (Fsp3) is 0.529. The van der Waals surface area contributed by atoms with Gasteiger partial charge in [-0.3, -0.25) is 0 Å². The minimum atomic E-state index is -0.506. The molecule has 1 aromatic carbocycles. The first-order chi connectivity index (χ1) is 9.72. The molecule has 0 unspecified atom stereocenters. The summed E-state index contributed by atoms with van der Waals surface area (Å²) in [5.41, 5.74) is 0.672. The number of rotatable bonds is 6. The summed E-state index contributed by atoms with van der Waals surface area (Å²) in [7, 11) is 0. The van der Waals surface area contributed by atoms with E-state index in [1.165, 1.54) is 12.0 Å². The van der Waals surface area contributed by atoms with Gasteiger partial charge in [-0.1, -0.05) is 37.3 Å². The molecular formula is C17H23NO2. The van der Waals surface area contributed by atoms with Crippen LogP contribution in [0.2, 0.25) is 0 Å². The molecule has 2 rings (SSSR count). The second-order valence-electron chi connectivity index (χ2n) is 5.53. The van der Waals surface area contributed by atoms with E-state index in [2.05, 4.69) is 11.2 Å². The van der Waals surface area contributed by atoms with Crippen molar-refractivity contribution in [3.05, 3.63) is 29.8 Å². The predicted octanol–water partition coefficient (Wildman–Crippen LogP) is 2.48. The highest BCUT2D eigenvalue weighted by Crippen LogP contribution is 2.27. The van der Waals surface area contributed by atoms with E-state index >= 15 is 0 Å². The first kappa shape index (κ1) is 14.9. The molecule has 0 bridgehead atoms. The van der Waals surface area contributed by atoms with Crippen LogP contribution in [0, 0.1) is 12.3 Å². The van der Waals surface area contributed by atoms with Crippen molar-refractivity contribution < 1.29 is 9.84 Å². The maximum Gasteiger partial charge on any atom is 0.148 e. The van der Waals surface area contributed by atoms with Gasteiger partial charge in [0.25, 0.3) is 0 Å². The summed E-state index contributed by atoms with van der Waals surface area (Å²) in [6.45, 7) is 1.73. The van der Waals surface area contributed by atoms with Gasteiger partial charge < -0.3 is 15.2 Å². The molecule has 0 atom stereocenters. The van der Waals surface area contributed by atoms with Crippen LogP contribution in [-0.2, 0) is 6.54 Å². The SMILES string of the molecule is C#CCOc1ccc(CNCC2(O)CCCCC2)cc1. The number of terminal acetylenes is 1. The maximum absolute atomic E-state index is 10.4. The van der Waals surface area contributed by atoms with Crippen LogP contribution in [0.15, 0.2) is 24.3 Å². The van der Waals surface area contributed by atoms with Gasteiger partial charge in [-0.15, -0.1) is 6.42 Å². The molecule has 0 heterocycles. The Labute approximate surface area is 121 Å². The maximum atomic E-state index is 10.4. The monoisotopic (exact) mass is 273 g/mol. The zero-order valence-electron chi connectivity index (χ0n) is 11.9. The van der Waals surface area contributed by atoms with Gasteiger partial charge in [0, 0.05) is 13.1 Å². The van der Waals surface area contributed by atoms with Gasteiger partial charge in [-0.25, -0.2) is 0 Å². The van der Waals surface area contributed by atoms with E-state index in [1.54, 1.807) is 0 Å². The molecular weight excluding hydrogens is 250 g/mol. The van der Waals surface area contributed by atoms with E-state index in [0.717, 1.165) is 38.0 Å². The van der Waals surface area contributed by atoms with Gasteiger partial charge in [-0.2, -0.15) is 0 Å². The van der Waals surface area contributed by atoms with Crippen molar-refractivity contribution in [2.75, 3.05) is 13.2 Å². The van der Waals surface area contributed by atoms with Crippen molar-refractivity contribution >= 4 is 0 Å². The van der Waals surface area contributed by atoms with Crippen LogP contribution in [-0.4, -0.2) is 23.9 Å². The smallest absolute Gasteiger partial charge is 0.148 e. The van der Waals surface area contributed by atoms with Gasteiger partial charge in [-0.05, 0) is 30.5 Å². The summed E-state index contributed by atoms with van der Waals surface area (Å²) in [5.74, 6) is 3.23. The van der Waals surface area contributed by atoms with Crippen LogP contribution in [0.1, 0.15) is 37.7 Å². The molecule has 1 saturated carbocycles. The second kappa shape index (κ2) is 7.33. The molecule has 3 nitrogen and oxygen atoms in total. The first-order valence-corrected chi connectivity index (χ1v) is 7.30. The fourth-order valence-electron chi connectivity index (χ4n) is 2.65. The van der Waals surface area contributed by atoms with E-state index in [4.69, 9.17) is 11.2 Å². The summed E-state index contributed by atoms with van der Waals surface area (Å²) < 4.78 is 5.33. The highest BCUT2D eigenvalue weighted by atomic mass is 16.5. The normalized spacial score (nSPS) is 17.4. The van der Waals surface area contributed by atoms with Gasteiger partial charge in [0.2, 0.25) is 0 Å². The summed E-state index contributed by atoms with van der Waals surface area (Å²) in [5, 5.41) is 13.7. The lowest BCUT2D eigenvalue weighted by molar-refractivity contribution is 0.00467. The van der Waals surface area contributed by atoms with Gasteiger partial charge in [0.1, 0.15) is 12.4 Å². The third-order valence-electron chi connectivity index (χ3n) is 3.81. The molecule has 0 spiro atoms. The molecule has 1 aliphatic rings. The predicted molar refractivity (Wildman–Crippen MR) is 80.5 cm³/mol. The van der Waals surface area contributed by atoms with E-state index in [-0.39, 0.29) is 0 Å². The Morgan fingerprint density at radius 2 is 1.90 bits per heavy atom. The Balaban J connectivity index is 1.75. The third-order valence-corrected chi connectivity index (χ3v) is 3.81.